The highest BCUT2D eigenvalue weighted by Gasteiger charge is 2.20. The number of benzene rings is 1. The van der Waals surface area contributed by atoms with E-state index in [2.05, 4.69) is 14.7 Å². The zero-order chi connectivity index (χ0) is 25.6. The van der Waals surface area contributed by atoms with Gasteiger partial charge in [-0.2, -0.15) is 8.42 Å². The summed E-state index contributed by atoms with van der Waals surface area (Å²) in [7, 11) is -4.04. The average molecular weight is 517 g/mol. The molecule has 0 saturated carbocycles. The fourth-order valence-electron chi connectivity index (χ4n) is 3.61. The molecule has 0 radical (unpaired) electrons. The van der Waals surface area contributed by atoms with Crippen LogP contribution in [0.15, 0.2) is 59.6 Å². The van der Waals surface area contributed by atoms with Crippen molar-refractivity contribution in [3.8, 4) is 11.3 Å². The molecule has 8 nitrogen and oxygen atoms in total. The Hall–Kier alpha value is -3.17. The molecule has 3 rings (SSSR count). The van der Waals surface area contributed by atoms with Crippen LogP contribution in [0.3, 0.4) is 0 Å². The SMILES string of the molecule is Cc1ccccc1-c1nc(NS(=O)(=O)c2cccc(N(CCCC(=O)O)CC(C)C)n2)ccc1Cl. The van der Waals surface area contributed by atoms with Gasteiger partial charge in [-0.3, -0.25) is 9.52 Å². The third-order valence-corrected chi connectivity index (χ3v) is 6.76. The predicted octanol–water partition coefficient (Wildman–Crippen LogP) is 5.23. The Morgan fingerprint density at radius 1 is 1.09 bits per heavy atom. The summed E-state index contributed by atoms with van der Waals surface area (Å²) in [5.74, 6) is -0.00126. The number of sulfonamides is 1. The number of hydrogen-bond acceptors (Lipinski definition) is 6. The summed E-state index contributed by atoms with van der Waals surface area (Å²) in [5.41, 5.74) is 2.25. The summed E-state index contributed by atoms with van der Waals surface area (Å²) in [6, 6.07) is 15.4. The van der Waals surface area contributed by atoms with Gasteiger partial charge in [-0.05, 0) is 49.1 Å². The van der Waals surface area contributed by atoms with E-state index < -0.39 is 16.0 Å². The van der Waals surface area contributed by atoms with E-state index in [1.165, 1.54) is 12.1 Å². The topological polar surface area (TPSA) is 112 Å². The Morgan fingerprint density at radius 3 is 2.51 bits per heavy atom. The number of anilines is 2. The van der Waals surface area contributed by atoms with E-state index in [4.69, 9.17) is 16.7 Å². The molecule has 2 N–H and O–H groups in total. The second-order valence-electron chi connectivity index (χ2n) is 8.62. The van der Waals surface area contributed by atoms with Crippen molar-refractivity contribution in [3.05, 3.63) is 65.2 Å². The smallest absolute Gasteiger partial charge is 0.303 e. The van der Waals surface area contributed by atoms with Crippen LogP contribution in [0, 0.1) is 12.8 Å². The summed E-state index contributed by atoms with van der Waals surface area (Å²) >= 11 is 6.35. The fraction of sp³-hybridized carbons (Fsp3) is 0.320. The van der Waals surface area contributed by atoms with Crippen LogP contribution in [-0.2, 0) is 14.8 Å². The molecule has 0 aliphatic heterocycles. The number of nitrogens with one attached hydrogen (secondary N) is 1. The van der Waals surface area contributed by atoms with Crippen molar-refractivity contribution in [1.29, 1.82) is 0 Å². The monoisotopic (exact) mass is 516 g/mol. The molecule has 0 saturated heterocycles. The van der Waals surface area contributed by atoms with Gasteiger partial charge in [-0.25, -0.2) is 9.97 Å². The first-order valence-electron chi connectivity index (χ1n) is 11.3. The molecule has 0 bridgehead atoms. The van der Waals surface area contributed by atoms with Crippen molar-refractivity contribution in [2.24, 2.45) is 5.92 Å². The molecular weight excluding hydrogens is 488 g/mol. The molecule has 0 fully saturated rings. The number of aromatic nitrogens is 2. The Labute approximate surface area is 211 Å². The van der Waals surface area contributed by atoms with Crippen molar-refractivity contribution >= 4 is 39.2 Å². The second-order valence-corrected chi connectivity index (χ2v) is 10.7. The molecule has 186 valence electrons. The maximum Gasteiger partial charge on any atom is 0.303 e. The summed E-state index contributed by atoms with van der Waals surface area (Å²) in [5, 5.41) is 9.21. The third kappa shape index (κ3) is 7.16. The van der Waals surface area contributed by atoms with Crippen molar-refractivity contribution in [3.63, 3.8) is 0 Å². The van der Waals surface area contributed by atoms with E-state index in [1.54, 1.807) is 18.2 Å². The van der Waals surface area contributed by atoms with E-state index >= 15 is 0 Å². The number of rotatable bonds is 11. The van der Waals surface area contributed by atoms with Crippen molar-refractivity contribution < 1.29 is 18.3 Å². The highest BCUT2D eigenvalue weighted by Crippen LogP contribution is 2.30. The molecule has 0 aliphatic carbocycles. The van der Waals surface area contributed by atoms with Crippen LogP contribution >= 0.6 is 11.6 Å². The van der Waals surface area contributed by atoms with Gasteiger partial charge in [0.1, 0.15) is 11.6 Å². The van der Waals surface area contributed by atoms with Crippen molar-refractivity contribution in [2.45, 2.75) is 38.6 Å². The Balaban J connectivity index is 1.88. The van der Waals surface area contributed by atoms with Crippen LogP contribution in [-0.4, -0.2) is 42.6 Å². The number of pyridine rings is 2. The van der Waals surface area contributed by atoms with E-state index in [-0.39, 0.29) is 23.2 Å². The molecule has 3 aromatic rings. The maximum absolute atomic E-state index is 13.2. The van der Waals surface area contributed by atoms with Crippen LogP contribution < -0.4 is 9.62 Å². The summed E-state index contributed by atoms with van der Waals surface area (Å²) in [4.78, 5) is 21.7. The van der Waals surface area contributed by atoms with Gasteiger partial charge in [0, 0.05) is 25.1 Å². The zero-order valence-electron chi connectivity index (χ0n) is 19.9. The van der Waals surface area contributed by atoms with Crippen molar-refractivity contribution in [1.82, 2.24) is 9.97 Å². The number of carboxylic acid groups (broad SMARTS) is 1. The molecule has 0 unspecified atom stereocenters. The molecule has 35 heavy (non-hydrogen) atoms. The number of nitrogens with zero attached hydrogens (tertiary/aromatic N) is 3. The minimum absolute atomic E-state index is 0.0274. The average Bonchev–Trinajstić information content (AvgIpc) is 2.80. The standard InChI is InChI=1S/C25H29ClN4O4S/c1-17(2)16-30(15-7-12-24(31)32)22-10-6-11-23(28-22)35(33,34)29-21-14-13-20(26)25(27-21)19-9-5-4-8-18(19)3/h4-6,8-11,13-14,17H,7,12,15-16H2,1-3H3,(H,27,29)(H,31,32). The minimum Gasteiger partial charge on any atom is -0.481 e. The molecule has 0 spiro atoms. The summed E-state index contributed by atoms with van der Waals surface area (Å²) in [6.45, 7) is 7.06. The Bertz CT molecular complexity index is 1300. The lowest BCUT2D eigenvalue weighted by molar-refractivity contribution is -0.137. The van der Waals surface area contributed by atoms with E-state index in [1.807, 2.05) is 49.9 Å². The molecule has 0 atom stereocenters. The first-order chi connectivity index (χ1) is 16.6. The lowest BCUT2D eigenvalue weighted by atomic mass is 10.1. The van der Waals surface area contributed by atoms with Crippen LogP contribution in [0.5, 0.6) is 0 Å². The number of hydrogen-bond donors (Lipinski definition) is 2. The number of aliphatic carboxylic acids is 1. The van der Waals surface area contributed by atoms with Crippen molar-refractivity contribution in [2.75, 3.05) is 22.7 Å². The van der Waals surface area contributed by atoms with Gasteiger partial charge in [0.05, 0.1) is 10.7 Å². The fourth-order valence-corrected chi connectivity index (χ4v) is 4.78. The molecule has 10 heteroatoms. The maximum atomic E-state index is 13.2. The number of carboxylic acids is 1. The molecule has 1 aromatic carbocycles. The Morgan fingerprint density at radius 2 is 1.83 bits per heavy atom. The summed E-state index contributed by atoms with van der Waals surface area (Å²) in [6.07, 6.45) is 0.453. The summed E-state index contributed by atoms with van der Waals surface area (Å²) < 4.78 is 28.8. The number of carbonyl (C=O) groups is 1. The van der Waals surface area contributed by atoms with Gasteiger partial charge in [0.2, 0.25) is 0 Å². The largest absolute Gasteiger partial charge is 0.481 e. The molecule has 0 aliphatic rings. The highest BCUT2D eigenvalue weighted by atomic mass is 35.5. The van der Waals surface area contributed by atoms with Gasteiger partial charge in [-0.1, -0.05) is 55.8 Å². The van der Waals surface area contributed by atoms with E-state index in [9.17, 15) is 13.2 Å². The zero-order valence-corrected chi connectivity index (χ0v) is 21.5. The molecule has 2 aromatic heterocycles. The first kappa shape index (κ1) is 26.4. The highest BCUT2D eigenvalue weighted by molar-refractivity contribution is 7.92. The normalized spacial score (nSPS) is 11.5. The predicted molar refractivity (Wildman–Crippen MR) is 138 cm³/mol. The van der Waals surface area contributed by atoms with Gasteiger partial charge < -0.3 is 10.0 Å². The van der Waals surface area contributed by atoms with Crippen LogP contribution in [0.2, 0.25) is 5.02 Å². The van der Waals surface area contributed by atoms with Crippen LogP contribution in [0.1, 0.15) is 32.3 Å². The van der Waals surface area contributed by atoms with Gasteiger partial charge in [-0.15, -0.1) is 0 Å². The first-order valence-corrected chi connectivity index (χ1v) is 13.1. The lowest BCUT2D eigenvalue weighted by Crippen LogP contribution is -2.30. The second kappa shape index (κ2) is 11.5. The number of aryl methyl sites for hydroxylation is 1. The van der Waals surface area contributed by atoms with Gasteiger partial charge >= 0.3 is 5.97 Å². The van der Waals surface area contributed by atoms with E-state index in [0.717, 1.165) is 11.1 Å². The van der Waals surface area contributed by atoms with Crippen LogP contribution in [0.25, 0.3) is 11.3 Å². The number of halogens is 1. The third-order valence-electron chi connectivity index (χ3n) is 5.20. The quantitative estimate of drug-likeness (QED) is 0.358. The van der Waals surface area contributed by atoms with E-state index in [0.29, 0.717) is 36.0 Å². The van der Waals surface area contributed by atoms with Gasteiger partial charge in [0.25, 0.3) is 10.0 Å². The molecular formula is C25H29ClN4O4S. The Kier molecular flexibility index (Phi) is 8.69. The lowest BCUT2D eigenvalue weighted by Gasteiger charge is -2.25. The minimum atomic E-state index is -4.04. The van der Waals surface area contributed by atoms with Gasteiger partial charge in [0.15, 0.2) is 5.03 Å². The molecule has 2 heterocycles. The molecule has 0 amide bonds. The van der Waals surface area contributed by atoms with Crippen LogP contribution in [0.4, 0.5) is 11.6 Å².